The molecule has 0 bridgehead atoms. The number of furan rings is 1. The van der Waals surface area contributed by atoms with E-state index in [4.69, 9.17) is 44.4 Å². The number of nitrogens with two attached hydrogens (primary N) is 1. The summed E-state index contributed by atoms with van der Waals surface area (Å²) in [6, 6.07) is 5.84. The lowest BCUT2D eigenvalue weighted by Crippen LogP contribution is -2.10. The predicted molar refractivity (Wildman–Crippen MR) is 78.9 cm³/mol. The standard InChI is InChI=1S/C11H9Cl3N2O3S/c12-6-3-8(13)11(9(14)4-6)16-5-7-1-2-10(19-7)20(15,17)18/h1-4,16H,5H2,(H2,15,17,18). The Balaban J connectivity index is 2.16. The van der Waals surface area contributed by atoms with Crippen LogP contribution in [0.3, 0.4) is 0 Å². The summed E-state index contributed by atoms with van der Waals surface area (Å²) in [5.74, 6) is 0.371. The summed E-state index contributed by atoms with van der Waals surface area (Å²) in [4.78, 5) is 0. The van der Waals surface area contributed by atoms with E-state index in [1.165, 1.54) is 24.3 Å². The number of hydrogen-bond acceptors (Lipinski definition) is 4. The minimum atomic E-state index is -3.85. The molecule has 0 radical (unpaired) electrons. The summed E-state index contributed by atoms with van der Waals surface area (Å²) in [6.07, 6.45) is 0. The first-order valence-electron chi connectivity index (χ1n) is 5.27. The molecular formula is C11H9Cl3N2O3S. The van der Waals surface area contributed by atoms with Crippen molar-refractivity contribution in [3.8, 4) is 0 Å². The lowest BCUT2D eigenvalue weighted by molar-refractivity contribution is 0.419. The number of benzene rings is 1. The number of nitrogens with one attached hydrogen (secondary N) is 1. The molecule has 0 aliphatic heterocycles. The summed E-state index contributed by atoms with van der Waals surface area (Å²) in [7, 11) is -3.85. The second kappa shape index (κ2) is 5.83. The van der Waals surface area contributed by atoms with E-state index in [9.17, 15) is 8.42 Å². The van der Waals surface area contributed by atoms with Gasteiger partial charge in [-0.05, 0) is 24.3 Å². The minimum absolute atomic E-state index is 0.191. The summed E-state index contributed by atoms with van der Waals surface area (Å²) in [5, 5.41) is 8.69. The van der Waals surface area contributed by atoms with Crippen LogP contribution in [0.2, 0.25) is 15.1 Å². The van der Waals surface area contributed by atoms with Gasteiger partial charge < -0.3 is 9.73 Å². The van der Waals surface area contributed by atoms with Gasteiger partial charge in [0.05, 0.1) is 22.3 Å². The average molecular weight is 356 g/mol. The van der Waals surface area contributed by atoms with Crippen molar-refractivity contribution in [1.82, 2.24) is 0 Å². The number of sulfonamides is 1. The summed E-state index contributed by atoms with van der Waals surface area (Å²) >= 11 is 17.8. The second-order valence-electron chi connectivity index (χ2n) is 3.86. The van der Waals surface area contributed by atoms with E-state index in [-0.39, 0.29) is 11.6 Å². The minimum Gasteiger partial charge on any atom is -0.446 e. The molecule has 0 saturated heterocycles. The molecule has 1 aromatic heterocycles. The van der Waals surface area contributed by atoms with Crippen molar-refractivity contribution in [3.05, 3.63) is 45.1 Å². The van der Waals surface area contributed by atoms with Gasteiger partial charge in [0, 0.05) is 5.02 Å². The molecule has 2 aromatic rings. The molecule has 0 atom stereocenters. The largest absolute Gasteiger partial charge is 0.446 e. The fraction of sp³-hybridized carbons (Fsp3) is 0.0909. The Morgan fingerprint density at radius 1 is 1.15 bits per heavy atom. The molecule has 0 spiro atoms. The van der Waals surface area contributed by atoms with E-state index in [0.717, 1.165) is 0 Å². The lowest BCUT2D eigenvalue weighted by atomic mass is 10.3. The van der Waals surface area contributed by atoms with Crippen molar-refractivity contribution in [2.75, 3.05) is 5.32 Å². The third kappa shape index (κ3) is 3.59. The maximum absolute atomic E-state index is 11.1. The van der Waals surface area contributed by atoms with Crippen molar-refractivity contribution in [3.63, 3.8) is 0 Å². The highest BCUT2D eigenvalue weighted by Crippen LogP contribution is 2.34. The van der Waals surface area contributed by atoms with Crippen LogP contribution in [0.1, 0.15) is 5.76 Å². The van der Waals surface area contributed by atoms with E-state index in [1.807, 2.05) is 0 Å². The maximum atomic E-state index is 11.1. The molecule has 9 heteroatoms. The Morgan fingerprint density at radius 3 is 2.25 bits per heavy atom. The first-order chi connectivity index (χ1) is 9.27. The second-order valence-corrected chi connectivity index (χ2v) is 6.61. The summed E-state index contributed by atoms with van der Waals surface area (Å²) in [5.41, 5.74) is 0.478. The number of primary sulfonamides is 1. The first kappa shape index (κ1) is 15.5. The molecule has 0 fully saturated rings. The van der Waals surface area contributed by atoms with E-state index < -0.39 is 10.0 Å². The van der Waals surface area contributed by atoms with Crippen molar-refractivity contribution in [2.24, 2.45) is 5.14 Å². The van der Waals surface area contributed by atoms with Crippen LogP contribution < -0.4 is 10.5 Å². The van der Waals surface area contributed by atoms with Gasteiger partial charge in [-0.1, -0.05) is 34.8 Å². The Kier molecular flexibility index (Phi) is 4.51. The molecule has 5 nitrogen and oxygen atoms in total. The first-order valence-corrected chi connectivity index (χ1v) is 7.95. The smallest absolute Gasteiger partial charge is 0.271 e. The summed E-state index contributed by atoms with van der Waals surface area (Å²) < 4.78 is 27.2. The molecule has 0 aliphatic rings. The van der Waals surface area contributed by atoms with Crippen LogP contribution in [0.5, 0.6) is 0 Å². The van der Waals surface area contributed by atoms with Gasteiger partial charge in [-0.3, -0.25) is 0 Å². The third-order valence-electron chi connectivity index (χ3n) is 2.36. The third-order valence-corrected chi connectivity index (χ3v) is 3.96. The number of hydrogen-bond donors (Lipinski definition) is 2. The normalized spacial score (nSPS) is 11.6. The molecule has 0 aliphatic carbocycles. The Hall–Kier alpha value is -0.920. The highest BCUT2D eigenvalue weighted by molar-refractivity contribution is 7.89. The van der Waals surface area contributed by atoms with Crippen LogP contribution in [0.25, 0.3) is 0 Å². The van der Waals surface area contributed by atoms with Crippen LogP contribution >= 0.6 is 34.8 Å². The highest BCUT2D eigenvalue weighted by Gasteiger charge is 2.14. The zero-order valence-electron chi connectivity index (χ0n) is 9.86. The molecule has 1 aromatic carbocycles. The van der Waals surface area contributed by atoms with Gasteiger partial charge in [0.1, 0.15) is 5.76 Å². The van der Waals surface area contributed by atoms with Gasteiger partial charge in [0.15, 0.2) is 0 Å². The van der Waals surface area contributed by atoms with Crippen molar-refractivity contribution in [1.29, 1.82) is 0 Å². The Bertz CT molecular complexity index is 720. The maximum Gasteiger partial charge on any atom is 0.271 e. The quantitative estimate of drug-likeness (QED) is 0.879. The van der Waals surface area contributed by atoms with Gasteiger partial charge in [0.2, 0.25) is 5.09 Å². The molecule has 0 saturated carbocycles. The highest BCUT2D eigenvalue weighted by atomic mass is 35.5. The topological polar surface area (TPSA) is 85.3 Å². The number of anilines is 1. The van der Waals surface area contributed by atoms with E-state index in [0.29, 0.717) is 26.5 Å². The zero-order chi connectivity index (χ0) is 14.9. The molecule has 3 N–H and O–H groups in total. The van der Waals surface area contributed by atoms with Gasteiger partial charge in [-0.15, -0.1) is 0 Å². The van der Waals surface area contributed by atoms with Crippen LogP contribution in [0.15, 0.2) is 33.8 Å². The molecule has 2 rings (SSSR count). The SMILES string of the molecule is NS(=O)(=O)c1ccc(CNc2c(Cl)cc(Cl)cc2Cl)o1. The van der Waals surface area contributed by atoms with Gasteiger partial charge in [0.25, 0.3) is 10.0 Å². The number of rotatable bonds is 4. The monoisotopic (exact) mass is 354 g/mol. The van der Waals surface area contributed by atoms with Crippen LogP contribution in [0.4, 0.5) is 5.69 Å². The summed E-state index contributed by atoms with van der Waals surface area (Å²) in [6.45, 7) is 0.191. The van der Waals surface area contributed by atoms with Crippen molar-refractivity contribution >= 4 is 50.5 Å². The lowest BCUT2D eigenvalue weighted by Gasteiger charge is -2.09. The van der Waals surface area contributed by atoms with Gasteiger partial charge in [-0.2, -0.15) is 0 Å². The van der Waals surface area contributed by atoms with Gasteiger partial charge >= 0.3 is 0 Å². The zero-order valence-corrected chi connectivity index (χ0v) is 12.9. The van der Waals surface area contributed by atoms with Gasteiger partial charge in [-0.25, -0.2) is 13.6 Å². The molecular weight excluding hydrogens is 347 g/mol. The number of halogens is 3. The van der Waals surface area contributed by atoms with Crippen molar-refractivity contribution in [2.45, 2.75) is 11.6 Å². The molecule has 108 valence electrons. The average Bonchev–Trinajstić information content (AvgIpc) is 2.75. The molecule has 0 amide bonds. The van der Waals surface area contributed by atoms with Crippen LogP contribution in [-0.2, 0) is 16.6 Å². The molecule has 1 heterocycles. The molecule has 20 heavy (non-hydrogen) atoms. The van der Waals surface area contributed by atoms with Crippen LogP contribution in [0, 0.1) is 0 Å². The Labute approximate surface area is 130 Å². The Morgan fingerprint density at radius 2 is 1.75 bits per heavy atom. The fourth-order valence-electron chi connectivity index (χ4n) is 1.49. The fourth-order valence-corrected chi connectivity index (χ4v) is 2.92. The van der Waals surface area contributed by atoms with E-state index >= 15 is 0 Å². The van der Waals surface area contributed by atoms with E-state index in [2.05, 4.69) is 5.32 Å². The van der Waals surface area contributed by atoms with Crippen molar-refractivity contribution < 1.29 is 12.8 Å². The van der Waals surface area contributed by atoms with E-state index in [1.54, 1.807) is 0 Å². The molecule has 0 unspecified atom stereocenters. The van der Waals surface area contributed by atoms with Crippen LogP contribution in [-0.4, -0.2) is 8.42 Å². The predicted octanol–water partition coefficient (Wildman–Crippen LogP) is 3.50.